The van der Waals surface area contributed by atoms with E-state index in [1.807, 2.05) is 23.6 Å². The van der Waals surface area contributed by atoms with Crippen molar-refractivity contribution in [3.63, 3.8) is 0 Å². The van der Waals surface area contributed by atoms with Gasteiger partial charge in [0.1, 0.15) is 5.52 Å². The Kier molecular flexibility index (Phi) is 5.33. The van der Waals surface area contributed by atoms with Gasteiger partial charge in [-0.05, 0) is 43.5 Å². The minimum atomic E-state index is -0.498. The van der Waals surface area contributed by atoms with Gasteiger partial charge in [0, 0.05) is 30.8 Å². The van der Waals surface area contributed by atoms with Crippen LogP contribution in [0.3, 0.4) is 0 Å². The van der Waals surface area contributed by atoms with Gasteiger partial charge in [0.15, 0.2) is 0 Å². The van der Waals surface area contributed by atoms with Gasteiger partial charge < -0.3 is 15.0 Å². The highest BCUT2D eigenvalue weighted by molar-refractivity contribution is 6.35. The molecule has 2 atom stereocenters. The second kappa shape index (κ2) is 7.89. The maximum Gasteiger partial charge on any atom is 0.255 e. The Morgan fingerprint density at radius 1 is 1.29 bits per heavy atom. The number of aliphatic hydroxyl groups excluding tert-OH is 1. The Balaban J connectivity index is 1.69. The zero-order chi connectivity index (χ0) is 19.7. The van der Waals surface area contributed by atoms with Gasteiger partial charge >= 0.3 is 0 Å². The summed E-state index contributed by atoms with van der Waals surface area (Å²) in [7, 11) is 0. The van der Waals surface area contributed by atoms with E-state index in [1.165, 1.54) is 0 Å². The Morgan fingerprint density at radius 2 is 2.07 bits per heavy atom. The first-order valence-electron chi connectivity index (χ1n) is 9.57. The van der Waals surface area contributed by atoms with E-state index in [4.69, 9.17) is 11.6 Å². The third kappa shape index (κ3) is 3.75. The largest absolute Gasteiger partial charge is 0.391 e. The van der Waals surface area contributed by atoms with Crippen molar-refractivity contribution in [2.24, 2.45) is 0 Å². The predicted octanol–water partition coefficient (Wildman–Crippen LogP) is 3.47. The highest BCUT2D eigenvalue weighted by Gasteiger charge is 2.27. The van der Waals surface area contributed by atoms with Crippen LogP contribution in [0.1, 0.15) is 47.3 Å². The first-order chi connectivity index (χ1) is 13.5. The van der Waals surface area contributed by atoms with Crippen LogP contribution < -0.4 is 5.32 Å². The number of aromatic nitrogens is 3. The molecule has 1 aliphatic carbocycles. The Labute approximate surface area is 168 Å². The molecule has 1 unspecified atom stereocenters. The molecule has 1 fully saturated rings. The molecule has 0 aromatic carbocycles. The number of hydrogen-bond acceptors (Lipinski definition) is 4. The summed E-state index contributed by atoms with van der Waals surface area (Å²) in [6.07, 6.45) is 8.19. The van der Waals surface area contributed by atoms with E-state index < -0.39 is 6.10 Å². The van der Waals surface area contributed by atoms with Gasteiger partial charge in [-0.1, -0.05) is 24.4 Å². The first-order valence-corrected chi connectivity index (χ1v) is 9.94. The average molecular weight is 399 g/mol. The zero-order valence-corrected chi connectivity index (χ0v) is 16.5. The lowest BCUT2D eigenvalue weighted by Gasteiger charge is -2.28. The van der Waals surface area contributed by atoms with Crippen LogP contribution in [0, 0.1) is 6.92 Å². The number of halogens is 1. The molecule has 28 heavy (non-hydrogen) atoms. The number of rotatable bonds is 4. The number of carbonyl (C=O) groups is 1. The molecule has 0 spiro atoms. The first kappa shape index (κ1) is 18.9. The molecule has 1 aliphatic rings. The van der Waals surface area contributed by atoms with E-state index in [1.54, 1.807) is 24.7 Å². The van der Waals surface area contributed by atoms with E-state index in [-0.39, 0.29) is 11.9 Å². The molecule has 146 valence electrons. The highest BCUT2D eigenvalue weighted by Crippen LogP contribution is 2.28. The molecular weight excluding hydrogens is 376 g/mol. The normalized spacial score (nSPS) is 19.7. The van der Waals surface area contributed by atoms with Crippen molar-refractivity contribution < 1.29 is 9.90 Å². The summed E-state index contributed by atoms with van der Waals surface area (Å²) in [4.78, 5) is 21.6. The summed E-state index contributed by atoms with van der Waals surface area (Å²) in [5, 5.41) is 13.7. The molecule has 0 radical (unpaired) electrons. The topological polar surface area (TPSA) is 80.0 Å². The number of carbonyl (C=O) groups excluding carboxylic acids is 1. The number of fused-ring (bicyclic) bond motifs is 1. The minimum absolute atomic E-state index is 0.221. The standard InChI is InChI=1S/C21H23ClN4O2/c1-13-10-14(6-8-23-13)11-26-12-15(19-20(26)16(22)7-9-24-19)21(28)25-17-4-2-3-5-18(17)27/h6-10,12,17-18,27H,2-5,11H2,1H3,(H,25,28)/t17-,18?/m0/s1. The van der Waals surface area contributed by atoms with Gasteiger partial charge in [0.05, 0.1) is 28.2 Å². The van der Waals surface area contributed by atoms with Crippen molar-refractivity contribution >= 4 is 28.5 Å². The van der Waals surface area contributed by atoms with E-state index in [2.05, 4.69) is 15.3 Å². The smallest absolute Gasteiger partial charge is 0.255 e. The van der Waals surface area contributed by atoms with Gasteiger partial charge in [0.25, 0.3) is 5.91 Å². The molecule has 3 aromatic rings. The fraction of sp³-hybridized carbons (Fsp3) is 0.381. The van der Waals surface area contributed by atoms with Gasteiger partial charge in [-0.2, -0.15) is 0 Å². The summed E-state index contributed by atoms with van der Waals surface area (Å²) in [5.41, 5.74) is 3.77. The maximum atomic E-state index is 13.0. The molecular formula is C21H23ClN4O2. The van der Waals surface area contributed by atoms with Crippen molar-refractivity contribution in [2.45, 2.75) is 51.3 Å². The Morgan fingerprint density at radius 3 is 2.86 bits per heavy atom. The number of pyridine rings is 2. The summed E-state index contributed by atoms with van der Waals surface area (Å²) in [6, 6.07) is 5.46. The molecule has 7 heteroatoms. The number of nitrogens with zero attached hydrogens (tertiary/aromatic N) is 3. The van der Waals surface area contributed by atoms with Gasteiger partial charge in [-0.3, -0.25) is 14.8 Å². The maximum absolute atomic E-state index is 13.0. The van der Waals surface area contributed by atoms with Gasteiger partial charge in [0.2, 0.25) is 0 Å². The van der Waals surface area contributed by atoms with Crippen LogP contribution in [0.4, 0.5) is 0 Å². The minimum Gasteiger partial charge on any atom is -0.391 e. The van der Waals surface area contributed by atoms with Crippen LogP contribution in [-0.4, -0.2) is 37.7 Å². The monoisotopic (exact) mass is 398 g/mol. The quantitative estimate of drug-likeness (QED) is 0.705. The molecule has 6 nitrogen and oxygen atoms in total. The van der Waals surface area contributed by atoms with Crippen LogP contribution in [0.2, 0.25) is 5.02 Å². The van der Waals surface area contributed by atoms with Crippen molar-refractivity contribution in [3.8, 4) is 0 Å². The molecule has 3 aromatic heterocycles. The molecule has 4 rings (SSSR count). The predicted molar refractivity (Wildman–Crippen MR) is 109 cm³/mol. The van der Waals surface area contributed by atoms with Crippen LogP contribution in [-0.2, 0) is 6.54 Å². The lowest BCUT2D eigenvalue weighted by molar-refractivity contribution is 0.0718. The Bertz CT molecular complexity index is 1020. The molecule has 2 N–H and O–H groups in total. The second-order valence-corrected chi connectivity index (χ2v) is 7.81. The van der Waals surface area contributed by atoms with Crippen molar-refractivity contribution in [1.29, 1.82) is 0 Å². The van der Waals surface area contributed by atoms with E-state index in [9.17, 15) is 9.90 Å². The third-order valence-corrected chi connectivity index (χ3v) is 5.61. The molecule has 0 saturated heterocycles. The summed E-state index contributed by atoms with van der Waals surface area (Å²) >= 11 is 6.45. The molecule has 0 bridgehead atoms. The zero-order valence-electron chi connectivity index (χ0n) is 15.7. The molecule has 0 aliphatic heterocycles. The van der Waals surface area contributed by atoms with Gasteiger partial charge in [-0.15, -0.1) is 0 Å². The Hall–Kier alpha value is -2.44. The van der Waals surface area contributed by atoms with E-state index in [0.29, 0.717) is 22.6 Å². The van der Waals surface area contributed by atoms with Gasteiger partial charge in [-0.25, -0.2) is 0 Å². The van der Waals surface area contributed by atoms with Crippen LogP contribution in [0.25, 0.3) is 11.0 Å². The third-order valence-electron chi connectivity index (χ3n) is 5.31. The number of aryl methyl sites for hydroxylation is 1. The average Bonchev–Trinajstić information content (AvgIpc) is 3.03. The lowest BCUT2D eigenvalue weighted by Crippen LogP contribution is -2.45. The summed E-state index contributed by atoms with van der Waals surface area (Å²) in [5.74, 6) is -0.227. The molecule has 1 saturated carbocycles. The number of amides is 1. The summed E-state index contributed by atoms with van der Waals surface area (Å²) < 4.78 is 1.95. The lowest BCUT2D eigenvalue weighted by atomic mass is 9.92. The van der Waals surface area contributed by atoms with Crippen LogP contribution in [0.15, 0.2) is 36.8 Å². The van der Waals surface area contributed by atoms with Crippen LogP contribution in [0.5, 0.6) is 0 Å². The molecule has 3 heterocycles. The van der Waals surface area contributed by atoms with Crippen molar-refractivity contribution in [3.05, 3.63) is 58.6 Å². The van der Waals surface area contributed by atoms with Crippen molar-refractivity contribution in [1.82, 2.24) is 19.9 Å². The SMILES string of the molecule is Cc1cc(Cn2cc(C(=O)N[C@H]3CCCCC3O)c3nccc(Cl)c32)ccn1. The van der Waals surface area contributed by atoms with E-state index in [0.717, 1.165) is 42.5 Å². The fourth-order valence-electron chi connectivity index (χ4n) is 3.90. The summed E-state index contributed by atoms with van der Waals surface area (Å²) in [6.45, 7) is 2.50. The number of aliphatic hydroxyl groups is 1. The number of hydrogen-bond donors (Lipinski definition) is 2. The molecule has 1 amide bonds. The fourth-order valence-corrected chi connectivity index (χ4v) is 4.15. The van der Waals surface area contributed by atoms with Crippen molar-refractivity contribution in [2.75, 3.05) is 0 Å². The number of nitrogens with one attached hydrogen (secondary N) is 1. The second-order valence-electron chi connectivity index (χ2n) is 7.40. The highest BCUT2D eigenvalue weighted by atomic mass is 35.5. The van der Waals surface area contributed by atoms with E-state index >= 15 is 0 Å². The van der Waals surface area contributed by atoms with Crippen LogP contribution >= 0.6 is 11.6 Å².